The zero-order valence-corrected chi connectivity index (χ0v) is 16.6. The minimum absolute atomic E-state index is 0.0217. The Morgan fingerprint density at radius 3 is 2.96 bits per heavy atom. The number of benzene rings is 1. The molecule has 0 saturated carbocycles. The molecule has 1 aromatic carbocycles. The molecule has 2 N–H and O–H groups in total. The first-order chi connectivity index (χ1) is 13.5. The molecular weight excluding hydrogens is 376 g/mol. The molecule has 2 aromatic rings. The fourth-order valence-electron chi connectivity index (χ4n) is 5.36. The first kappa shape index (κ1) is 18.3. The number of imidazole rings is 1. The molecular formula is C20H26N4O3S. The number of likely N-dealkylation sites (tertiary alicyclic amines) is 1. The molecule has 150 valence electrons. The quantitative estimate of drug-likeness (QED) is 0.733. The molecule has 3 fully saturated rings. The number of hydrogen-bond donors (Lipinski definition) is 2. The van der Waals surface area contributed by atoms with Gasteiger partial charge in [0, 0.05) is 49.9 Å². The normalized spacial score (nSPS) is 32.1. The van der Waals surface area contributed by atoms with Crippen LogP contribution in [0.25, 0.3) is 0 Å². The zero-order valence-electron chi connectivity index (χ0n) is 15.8. The SMILES string of the molecule is O=S(=O)(Cc1ccccc1)NC[C@H]1[C@H]2CN(Cc3cnc[nH]3)C[C@]23CC[C@H]1O3. The Hall–Kier alpha value is -1.74. The molecule has 3 aliphatic heterocycles. The van der Waals surface area contributed by atoms with Crippen LogP contribution in [0.5, 0.6) is 0 Å². The van der Waals surface area contributed by atoms with Crippen LogP contribution in [0.4, 0.5) is 0 Å². The molecule has 0 amide bonds. The topological polar surface area (TPSA) is 87.3 Å². The van der Waals surface area contributed by atoms with Gasteiger partial charge in [0.25, 0.3) is 0 Å². The molecule has 4 heterocycles. The molecule has 2 bridgehead atoms. The summed E-state index contributed by atoms with van der Waals surface area (Å²) in [4.78, 5) is 9.67. The number of ether oxygens (including phenoxy) is 1. The van der Waals surface area contributed by atoms with E-state index in [1.807, 2.05) is 36.5 Å². The van der Waals surface area contributed by atoms with Crippen LogP contribution in [0.15, 0.2) is 42.9 Å². The van der Waals surface area contributed by atoms with Crippen molar-refractivity contribution < 1.29 is 13.2 Å². The minimum Gasteiger partial charge on any atom is -0.370 e. The number of aromatic amines is 1. The van der Waals surface area contributed by atoms with E-state index < -0.39 is 10.0 Å². The smallest absolute Gasteiger partial charge is 0.215 e. The summed E-state index contributed by atoms with van der Waals surface area (Å²) >= 11 is 0. The highest BCUT2D eigenvalue weighted by molar-refractivity contribution is 7.88. The zero-order chi connectivity index (χ0) is 19.2. The first-order valence-corrected chi connectivity index (χ1v) is 11.6. The van der Waals surface area contributed by atoms with Crippen molar-refractivity contribution in [3.63, 3.8) is 0 Å². The highest BCUT2D eigenvalue weighted by Gasteiger charge is 2.62. The Bertz CT molecular complexity index is 918. The maximum atomic E-state index is 12.6. The third-order valence-electron chi connectivity index (χ3n) is 6.54. The van der Waals surface area contributed by atoms with E-state index in [-0.39, 0.29) is 23.4 Å². The Morgan fingerprint density at radius 2 is 2.18 bits per heavy atom. The van der Waals surface area contributed by atoms with Gasteiger partial charge in [-0.15, -0.1) is 0 Å². The van der Waals surface area contributed by atoms with Gasteiger partial charge in [0.15, 0.2) is 0 Å². The summed E-state index contributed by atoms with van der Waals surface area (Å²) in [6.45, 7) is 3.16. The standard InChI is InChI=1S/C20H26N4O3S/c25-28(26,12-15-4-2-1-3-5-15)23-9-17-18-11-24(10-16-8-21-14-22-16)13-20(18)7-6-19(17)27-20/h1-5,8,14,17-19,23H,6-7,9-13H2,(H,21,22)/t17-,18+,19+,20+/m0/s1. The second kappa shape index (κ2) is 6.95. The van der Waals surface area contributed by atoms with Crippen molar-refractivity contribution in [2.75, 3.05) is 19.6 Å². The summed E-state index contributed by atoms with van der Waals surface area (Å²) in [6, 6.07) is 9.32. The fraction of sp³-hybridized carbons (Fsp3) is 0.550. The maximum absolute atomic E-state index is 12.6. The van der Waals surface area contributed by atoms with Gasteiger partial charge in [-0.25, -0.2) is 18.1 Å². The third kappa shape index (κ3) is 3.39. The van der Waals surface area contributed by atoms with Crippen molar-refractivity contribution in [3.05, 3.63) is 54.1 Å². The number of aromatic nitrogens is 2. The van der Waals surface area contributed by atoms with E-state index in [0.717, 1.165) is 43.7 Å². The Balaban J connectivity index is 1.24. The molecule has 1 spiro atoms. The lowest BCUT2D eigenvalue weighted by molar-refractivity contribution is 0.00212. The van der Waals surface area contributed by atoms with Crippen molar-refractivity contribution in [2.45, 2.75) is 36.8 Å². The number of sulfonamides is 1. The highest BCUT2D eigenvalue weighted by atomic mass is 32.2. The predicted molar refractivity (Wildman–Crippen MR) is 105 cm³/mol. The molecule has 5 rings (SSSR count). The summed E-state index contributed by atoms with van der Waals surface area (Å²) in [5.41, 5.74) is 1.81. The summed E-state index contributed by atoms with van der Waals surface area (Å²) in [6.07, 6.45) is 5.85. The van der Waals surface area contributed by atoms with Gasteiger partial charge in [0.1, 0.15) is 0 Å². The number of nitrogens with one attached hydrogen (secondary N) is 2. The van der Waals surface area contributed by atoms with E-state index in [2.05, 4.69) is 19.6 Å². The van der Waals surface area contributed by atoms with Crippen LogP contribution in [0.2, 0.25) is 0 Å². The number of rotatable bonds is 7. The van der Waals surface area contributed by atoms with E-state index in [1.165, 1.54) is 0 Å². The van der Waals surface area contributed by atoms with Gasteiger partial charge >= 0.3 is 0 Å². The monoisotopic (exact) mass is 402 g/mol. The van der Waals surface area contributed by atoms with Crippen LogP contribution in [0.3, 0.4) is 0 Å². The van der Waals surface area contributed by atoms with Gasteiger partial charge in [0.05, 0.1) is 23.8 Å². The number of nitrogens with zero attached hydrogens (tertiary/aromatic N) is 2. The van der Waals surface area contributed by atoms with Crippen LogP contribution in [-0.2, 0) is 27.1 Å². The van der Waals surface area contributed by atoms with E-state index in [4.69, 9.17) is 4.74 Å². The average molecular weight is 403 g/mol. The molecule has 1 aromatic heterocycles. The summed E-state index contributed by atoms with van der Waals surface area (Å²) in [5.74, 6) is 0.646. The highest BCUT2D eigenvalue weighted by Crippen LogP contribution is 2.54. The van der Waals surface area contributed by atoms with Gasteiger partial charge in [0.2, 0.25) is 10.0 Å². The predicted octanol–water partition coefficient (Wildman–Crippen LogP) is 1.51. The minimum atomic E-state index is -3.36. The second-order valence-electron chi connectivity index (χ2n) is 8.37. The first-order valence-electron chi connectivity index (χ1n) is 9.92. The second-order valence-corrected chi connectivity index (χ2v) is 10.2. The van der Waals surface area contributed by atoms with Crippen LogP contribution >= 0.6 is 0 Å². The summed E-state index contributed by atoms with van der Waals surface area (Å²) in [5, 5.41) is 0. The van der Waals surface area contributed by atoms with Crippen LogP contribution < -0.4 is 4.72 Å². The van der Waals surface area contributed by atoms with E-state index in [1.54, 1.807) is 6.33 Å². The molecule has 4 atom stereocenters. The Labute approximate surface area is 165 Å². The van der Waals surface area contributed by atoms with Crippen molar-refractivity contribution in [2.24, 2.45) is 11.8 Å². The number of hydrogen-bond acceptors (Lipinski definition) is 5. The molecule has 8 heteroatoms. The molecule has 28 heavy (non-hydrogen) atoms. The lowest BCUT2D eigenvalue weighted by atomic mass is 9.74. The lowest BCUT2D eigenvalue weighted by Gasteiger charge is -2.29. The van der Waals surface area contributed by atoms with Crippen molar-refractivity contribution in [1.82, 2.24) is 19.6 Å². The van der Waals surface area contributed by atoms with E-state index in [0.29, 0.717) is 12.5 Å². The Morgan fingerprint density at radius 1 is 1.32 bits per heavy atom. The molecule has 0 aliphatic carbocycles. The Kier molecular flexibility index (Phi) is 4.54. The van der Waals surface area contributed by atoms with E-state index >= 15 is 0 Å². The van der Waals surface area contributed by atoms with E-state index in [9.17, 15) is 8.42 Å². The average Bonchev–Trinajstić information content (AvgIpc) is 3.42. The van der Waals surface area contributed by atoms with Crippen molar-refractivity contribution in [3.8, 4) is 0 Å². The van der Waals surface area contributed by atoms with Crippen molar-refractivity contribution in [1.29, 1.82) is 0 Å². The summed E-state index contributed by atoms with van der Waals surface area (Å²) in [7, 11) is -3.36. The fourth-order valence-corrected chi connectivity index (χ4v) is 6.54. The largest absolute Gasteiger partial charge is 0.370 e. The molecule has 0 unspecified atom stereocenters. The number of fused-ring (bicyclic) bond motifs is 1. The van der Waals surface area contributed by atoms with Gasteiger partial charge in [-0.1, -0.05) is 30.3 Å². The third-order valence-corrected chi connectivity index (χ3v) is 7.86. The van der Waals surface area contributed by atoms with Gasteiger partial charge in [-0.05, 0) is 18.4 Å². The van der Waals surface area contributed by atoms with Crippen LogP contribution in [0.1, 0.15) is 24.1 Å². The lowest BCUT2D eigenvalue weighted by Crippen LogP contribution is -2.42. The molecule has 7 nitrogen and oxygen atoms in total. The van der Waals surface area contributed by atoms with Gasteiger partial charge in [-0.2, -0.15) is 0 Å². The van der Waals surface area contributed by atoms with Crippen LogP contribution in [-0.4, -0.2) is 54.6 Å². The summed E-state index contributed by atoms with van der Waals surface area (Å²) < 4.78 is 34.4. The van der Waals surface area contributed by atoms with Gasteiger partial charge in [-0.3, -0.25) is 4.90 Å². The maximum Gasteiger partial charge on any atom is 0.215 e. The van der Waals surface area contributed by atoms with Crippen LogP contribution in [0, 0.1) is 11.8 Å². The molecule has 0 radical (unpaired) electrons. The van der Waals surface area contributed by atoms with Gasteiger partial charge < -0.3 is 9.72 Å². The van der Waals surface area contributed by atoms with Crippen molar-refractivity contribution >= 4 is 10.0 Å². The molecule has 3 aliphatic rings. The molecule has 3 saturated heterocycles. The number of H-pyrrole nitrogens is 1.